The molecule has 0 spiro atoms. The molecule has 1 saturated heterocycles. The van der Waals surface area contributed by atoms with Crippen LogP contribution >= 0.6 is 0 Å². The number of hydrogen-bond acceptors (Lipinski definition) is 4. The molecule has 0 aliphatic carbocycles. The fraction of sp³-hybridized carbons (Fsp3) is 0.350. The molecule has 0 aromatic heterocycles. The highest BCUT2D eigenvalue weighted by atomic mass is 32.2. The van der Waals surface area contributed by atoms with E-state index >= 15 is 0 Å². The first-order valence-corrected chi connectivity index (χ1v) is 10.7. The maximum Gasteiger partial charge on any atom is 0.243 e. The number of sulfonamides is 1. The topological polar surface area (TPSA) is 69.7 Å². The number of nitrogens with zero attached hydrogens (tertiary/aromatic N) is 2. The van der Waals surface area contributed by atoms with Gasteiger partial charge in [-0.3, -0.25) is 4.79 Å². The molecule has 7 heteroatoms. The molecule has 0 bridgehead atoms. The fourth-order valence-corrected chi connectivity index (χ4v) is 5.28. The molecule has 1 N–H and O–H groups in total. The number of carbonyl (C=O) groups excluding carboxylic acids is 1. The zero-order valence-corrected chi connectivity index (χ0v) is 16.1. The molecule has 2 aliphatic heterocycles. The van der Waals surface area contributed by atoms with Crippen molar-refractivity contribution >= 4 is 27.3 Å². The highest BCUT2D eigenvalue weighted by Crippen LogP contribution is 2.28. The molecule has 2 aliphatic rings. The summed E-state index contributed by atoms with van der Waals surface area (Å²) in [5.41, 5.74) is 3.93. The Bertz CT molecular complexity index is 980. The van der Waals surface area contributed by atoms with Gasteiger partial charge in [-0.15, -0.1) is 0 Å². The Morgan fingerprint density at radius 2 is 1.78 bits per heavy atom. The van der Waals surface area contributed by atoms with Gasteiger partial charge >= 0.3 is 0 Å². The number of rotatable bonds is 4. The van der Waals surface area contributed by atoms with E-state index in [0.29, 0.717) is 31.9 Å². The lowest BCUT2D eigenvalue weighted by atomic mass is 10.1. The van der Waals surface area contributed by atoms with Crippen LogP contribution in [-0.4, -0.2) is 44.8 Å². The minimum absolute atomic E-state index is 0.0947. The van der Waals surface area contributed by atoms with Crippen molar-refractivity contribution in [3.63, 3.8) is 0 Å². The van der Waals surface area contributed by atoms with Crippen molar-refractivity contribution in [2.24, 2.45) is 0 Å². The average molecular weight is 385 g/mol. The molecule has 2 aromatic carbocycles. The van der Waals surface area contributed by atoms with Crippen LogP contribution in [0, 0.1) is 0 Å². The molecular weight excluding hydrogens is 362 g/mol. The first-order valence-electron chi connectivity index (χ1n) is 9.25. The Kier molecular flexibility index (Phi) is 4.65. The number of anilines is 2. The normalized spacial score (nSPS) is 17.7. The van der Waals surface area contributed by atoms with Crippen molar-refractivity contribution in [2.45, 2.75) is 24.7 Å². The molecule has 0 atom stereocenters. The van der Waals surface area contributed by atoms with E-state index in [4.69, 9.17) is 0 Å². The maximum atomic E-state index is 13.0. The average Bonchev–Trinajstić information content (AvgIpc) is 3.07. The third-order valence-corrected chi connectivity index (χ3v) is 7.19. The summed E-state index contributed by atoms with van der Waals surface area (Å²) in [6.45, 7) is 4.37. The van der Waals surface area contributed by atoms with E-state index in [-0.39, 0.29) is 17.2 Å². The molecule has 1 amide bonds. The third kappa shape index (κ3) is 3.33. The second-order valence-corrected chi connectivity index (χ2v) is 8.86. The van der Waals surface area contributed by atoms with E-state index in [2.05, 4.69) is 29.3 Å². The summed E-state index contributed by atoms with van der Waals surface area (Å²) in [6, 6.07) is 13.2. The zero-order chi connectivity index (χ0) is 19.0. The molecule has 4 rings (SSSR count). The molecule has 0 unspecified atom stereocenters. The van der Waals surface area contributed by atoms with Gasteiger partial charge < -0.3 is 10.2 Å². The second kappa shape index (κ2) is 6.98. The summed E-state index contributed by atoms with van der Waals surface area (Å²) in [4.78, 5) is 14.0. The van der Waals surface area contributed by atoms with Gasteiger partial charge in [0, 0.05) is 37.6 Å². The quantitative estimate of drug-likeness (QED) is 0.876. The van der Waals surface area contributed by atoms with E-state index in [1.54, 1.807) is 22.5 Å². The van der Waals surface area contributed by atoms with Crippen LogP contribution in [0.25, 0.3) is 0 Å². The number of piperazine rings is 1. The van der Waals surface area contributed by atoms with Crippen LogP contribution in [0.2, 0.25) is 0 Å². The molecule has 1 fully saturated rings. The van der Waals surface area contributed by atoms with E-state index in [9.17, 15) is 13.2 Å². The van der Waals surface area contributed by atoms with Crippen molar-refractivity contribution in [1.82, 2.24) is 4.31 Å². The van der Waals surface area contributed by atoms with Crippen molar-refractivity contribution in [3.05, 3.63) is 53.6 Å². The first-order chi connectivity index (χ1) is 13.0. The van der Waals surface area contributed by atoms with Crippen molar-refractivity contribution in [2.75, 3.05) is 36.4 Å². The summed E-state index contributed by atoms with van der Waals surface area (Å²) in [5, 5.41) is 2.74. The largest absolute Gasteiger partial charge is 0.369 e. The lowest BCUT2D eigenvalue weighted by molar-refractivity contribution is -0.115. The predicted molar refractivity (Wildman–Crippen MR) is 106 cm³/mol. The molecule has 2 heterocycles. The summed E-state index contributed by atoms with van der Waals surface area (Å²) < 4.78 is 27.6. The van der Waals surface area contributed by atoms with Gasteiger partial charge in [0.15, 0.2) is 0 Å². The number of fused-ring (bicyclic) bond motifs is 1. The van der Waals surface area contributed by atoms with E-state index in [1.165, 1.54) is 11.3 Å². The molecule has 0 saturated carbocycles. The summed E-state index contributed by atoms with van der Waals surface area (Å²) >= 11 is 0. The standard InChI is InChI=1S/C20H23N3O3S/c1-2-15-5-3-4-6-19(15)22-9-11-23(12-10-22)27(25,26)17-7-8-18-16(13-17)14-20(24)21-18/h3-8,13H,2,9-12,14H2,1H3,(H,21,24). The smallest absolute Gasteiger partial charge is 0.243 e. The van der Waals surface area contributed by atoms with Crippen LogP contribution in [0.3, 0.4) is 0 Å². The maximum absolute atomic E-state index is 13.0. The molecular formula is C20H23N3O3S. The monoisotopic (exact) mass is 385 g/mol. The van der Waals surface area contributed by atoms with Crippen molar-refractivity contribution in [3.8, 4) is 0 Å². The number of amides is 1. The number of para-hydroxylation sites is 1. The van der Waals surface area contributed by atoms with Crippen LogP contribution in [-0.2, 0) is 27.7 Å². The SMILES string of the molecule is CCc1ccccc1N1CCN(S(=O)(=O)c2ccc3c(c2)CC(=O)N3)CC1. The Morgan fingerprint density at radius 1 is 1.04 bits per heavy atom. The third-order valence-electron chi connectivity index (χ3n) is 5.29. The number of nitrogens with one attached hydrogen (secondary N) is 1. The van der Waals surface area contributed by atoms with Crippen LogP contribution in [0.1, 0.15) is 18.1 Å². The minimum Gasteiger partial charge on any atom is -0.369 e. The number of benzene rings is 2. The van der Waals surface area contributed by atoms with Crippen molar-refractivity contribution in [1.29, 1.82) is 0 Å². The van der Waals surface area contributed by atoms with Gasteiger partial charge in [-0.2, -0.15) is 4.31 Å². The van der Waals surface area contributed by atoms with Gasteiger partial charge in [0.1, 0.15) is 0 Å². The van der Waals surface area contributed by atoms with Gasteiger partial charge in [-0.05, 0) is 41.8 Å². The van der Waals surface area contributed by atoms with Crippen LogP contribution < -0.4 is 10.2 Å². The summed E-state index contributed by atoms with van der Waals surface area (Å²) in [5.74, 6) is -0.0947. The van der Waals surface area contributed by atoms with Gasteiger partial charge in [-0.25, -0.2) is 8.42 Å². The number of carbonyl (C=O) groups is 1. The lowest BCUT2D eigenvalue weighted by Crippen LogP contribution is -2.48. The first kappa shape index (κ1) is 18.0. The fourth-order valence-electron chi connectivity index (χ4n) is 3.80. The summed E-state index contributed by atoms with van der Waals surface area (Å²) in [6.07, 6.45) is 1.19. The van der Waals surface area contributed by atoms with E-state index < -0.39 is 10.0 Å². The molecule has 0 radical (unpaired) electrons. The van der Waals surface area contributed by atoms with Crippen LogP contribution in [0.4, 0.5) is 11.4 Å². The molecule has 2 aromatic rings. The van der Waals surface area contributed by atoms with E-state index in [0.717, 1.165) is 12.0 Å². The Morgan fingerprint density at radius 3 is 2.52 bits per heavy atom. The van der Waals surface area contributed by atoms with Crippen molar-refractivity contribution < 1.29 is 13.2 Å². The minimum atomic E-state index is -3.55. The molecule has 142 valence electrons. The molecule has 27 heavy (non-hydrogen) atoms. The number of aryl methyl sites for hydroxylation is 1. The lowest BCUT2D eigenvalue weighted by Gasteiger charge is -2.36. The Balaban J connectivity index is 1.51. The number of hydrogen-bond donors (Lipinski definition) is 1. The van der Waals surface area contributed by atoms with Gasteiger partial charge in [0.05, 0.1) is 11.3 Å². The summed E-state index contributed by atoms with van der Waals surface area (Å²) in [7, 11) is -3.55. The van der Waals surface area contributed by atoms with Gasteiger partial charge in [-0.1, -0.05) is 25.1 Å². The highest BCUT2D eigenvalue weighted by molar-refractivity contribution is 7.89. The Hall–Kier alpha value is -2.38. The zero-order valence-electron chi connectivity index (χ0n) is 15.3. The highest BCUT2D eigenvalue weighted by Gasteiger charge is 2.30. The predicted octanol–water partition coefficient (Wildman–Crippen LogP) is 2.25. The Labute approximate surface area is 159 Å². The van der Waals surface area contributed by atoms with Crippen LogP contribution in [0.5, 0.6) is 0 Å². The van der Waals surface area contributed by atoms with Gasteiger partial charge in [0.2, 0.25) is 15.9 Å². The van der Waals surface area contributed by atoms with E-state index in [1.807, 2.05) is 12.1 Å². The second-order valence-electron chi connectivity index (χ2n) is 6.92. The van der Waals surface area contributed by atoms with Gasteiger partial charge in [0.25, 0.3) is 0 Å². The molecule has 6 nitrogen and oxygen atoms in total. The van der Waals surface area contributed by atoms with Crippen LogP contribution in [0.15, 0.2) is 47.4 Å².